The van der Waals surface area contributed by atoms with E-state index in [-0.39, 0.29) is 24.5 Å². The molecule has 1 fully saturated rings. The van der Waals surface area contributed by atoms with Gasteiger partial charge in [-0.15, -0.1) is 0 Å². The predicted molar refractivity (Wildman–Crippen MR) is 124 cm³/mol. The van der Waals surface area contributed by atoms with Gasteiger partial charge < -0.3 is 10.1 Å². The van der Waals surface area contributed by atoms with Gasteiger partial charge in [0.2, 0.25) is 5.91 Å². The van der Waals surface area contributed by atoms with Gasteiger partial charge in [-0.1, -0.05) is 48.2 Å². The van der Waals surface area contributed by atoms with Gasteiger partial charge >= 0.3 is 0 Å². The Bertz CT molecular complexity index is 1050. The minimum Gasteiger partial charge on any atom is -0.379 e. The zero-order valence-electron chi connectivity index (χ0n) is 17.4. The van der Waals surface area contributed by atoms with Crippen molar-refractivity contribution in [3.63, 3.8) is 0 Å². The van der Waals surface area contributed by atoms with Crippen LogP contribution >= 0.6 is 23.2 Å². The molecule has 7 heteroatoms. The van der Waals surface area contributed by atoms with E-state index >= 15 is 0 Å². The van der Waals surface area contributed by atoms with Crippen LogP contribution in [0.4, 0.5) is 0 Å². The van der Waals surface area contributed by atoms with Gasteiger partial charge in [0.1, 0.15) is 5.82 Å². The highest BCUT2D eigenvalue weighted by atomic mass is 35.5. The molecule has 0 unspecified atom stereocenters. The van der Waals surface area contributed by atoms with Gasteiger partial charge in [-0.2, -0.15) is 0 Å². The lowest BCUT2D eigenvalue weighted by atomic mass is 9.92. The number of rotatable bonds is 6. The second-order valence-corrected chi connectivity index (χ2v) is 8.64. The third kappa shape index (κ3) is 5.12. The summed E-state index contributed by atoms with van der Waals surface area (Å²) in [6.45, 7) is 0. The molecule has 1 aliphatic carbocycles. The summed E-state index contributed by atoms with van der Waals surface area (Å²) in [4.78, 5) is 17.6. The molecule has 5 nitrogen and oxygen atoms in total. The Morgan fingerprint density at radius 2 is 1.87 bits per heavy atom. The van der Waals surface area contributed by atoms with Crippen LogP contribution in [0.25, 0.3) is 17.1 Å². The molecule has 1 amide bonds. The molecular weight excluding hydrogens is 433 g/mol. The van der Waals surface area contributed by atoms with Crippen LogP contribution in [0.15, 0.2) is 54.7 Å². The van der Waals surface area contributed by atoms with Crippen molar-refractivity contribution >= 4 is 29.1 Å². The third-order valence-corrected chi connectivity index (χ3v) is 6.25. The summed E-state index contributed by atoms with van der Waals surface area (Å²) in [6.07, 6.45) is 6.30. The van der Waals surface area contributed by atoms with E-state index in [0.29, 0.717) is 21.6 Å². The molecule has 1 heterocycles. The fourth-order valence-electron chi connectivity index (χ4n) is 4.11. The van der Waals surface area contributed by atoms with E-state index < -0.39 is 0 Å². The van der Waals surface area contributed by atoms with E-state index in [2.05, 4.69) is 5.32 Å². The van der Waals surface area contributed by atoms with Crippen molar-refractivity contribution < 1.29 is 9.53 Å². The maximum absolute atomic E-state index is 12.8. The minimum absolute atomic E-state index is 0.0487. The number of hydrogen-bond acceptors (Lipinski definition) is 3. The lowest BCUT2D eigenvalue weighted by Crippen LogP contribution is -2.46. The molecule has 1 aliphatic rings. The number of aromatic nitrogens is 2. The molecular formula is C24H25Cl2N3O2. The van der Waals surface area contributed by atoms with Crippen LogP contribution in [0.1, 0.15) is 31.4 Å². The smallest absolute Gasteiger partial charge is 0.226 e. The Balaban J connectivity index is 1.61. The van der Waals surface area contributed by atoms with Gasteiger partial charge in [-0.25, -0.2) is 4.98 Å². The molecule has 31 heavy (non-hydrogen) atoms. The first-order chi connectivity index (χ1) is 15.0. The Hall–Kier alpha value is -2.34. The summed E-state index contributed by atoms with van der Waals surface area (Å²) in [5.74, 6) is 0.628. The molecule has 1 saturated carbocycles. The number of carbonyl (C=O) groups excluding carboxylic acids is 1. The molecule has 0 bridgehead atoms. The summed E-state index contributed by atoms with van der Waals surface area (Å²) in [5, 5.41) is 4.40. The summed E-state index contributed by atoms with van der Waals surface area (Å²) in [7, 11) is 1.71. The highest BCUT2D eigenvalue weighted by Gasteiger charge is 2.26. The van der Waals surface area contributed by atoms with Crippen LogP contribution < -0.4 is 5.32 Å². The van der Waals surface area contributed by atoms with Crippen molar-refractivity contribution in [3.8, 4) is 17.1 Å². The monoisotopic (exact) mass is 457 g/mol. The number of imidazole rings is 1. The fourth-order valence-corrected chi connectivity index (χ4v) is 4.46. The first-order valence-electron chi connectivity index (χ1n) is 10.5. The number of nitrogens with one attached hydrogen (secondary N) is 1. The second kappa shape index (κ2) is 9.86. The predicted octanol–water partition coefficient (Wildman–Crippen LogP) is 5.46. The molecule has 162 valence electrons. The Kier molecular flexibility index (Phi) is 6.96. The number of benzene rings is 2. The lowest BCUT2D eigenvalue weighted by molar-refractivity contribution is -0.122. The quantitative estimate of drug-likeness (QED) is 0.534. The Morgan fingerprint density at radius 1 is 1.13 bits per heavy atom. The average molecular weight is 458 g/mol. The van der Waals surface area contributed by atoms with Crippen molar-refractivity contribution in [2.45, 2.75) is 44.2 Å². The summed E-state index contributed by atoms with van der Waals surface area (Å²) in [6, 6.07) is 15.1. The molecule has 0 aliphatic heterocycles. The Morgan fingerprint density at radius 3 is 2.61 bits per heavy atom. The van der Waals surface area contributed by atoms with Gasteiger partial charge in [0.05, 0.1) is 29.3 Å². The molecule has 2 aromatic carbocycles. The van der Waals surface area contributed by atoms with Gasteiger partial charge in [-0.05, 0) is 49.2 Å². The zero-order valence-corrected chi connectivity index (χ0v) is 18.9. The summed E-state index contributed by atoms with van der Waals surface area (Å²) >= 11 is 12.5. The topological polar surface area (TPSA) is 56.1 Å². The number of methoxy groups -OCH3 is 1. The molecule has 0 saturated heterocycles. The first-order valence-corrected chi connectivity index (χ1v) is 11.2. The number of ether oxygens (including phenoxy) is 1. The van der Waals surface area contributed by atoms with E-state index in [9.17, 15) is 4.79 Å². The van der Waals surface area contributed by atoms with E-state index in [1.807, 2.05) is 59.3 Å². The first kappa shape index (κ1) is 21.9. The van der Waals surface area contributed by atoms with Crippen molar-refractivity contribution in [3.05, 3.63) is 70.5 Å². The van der Waals surface area contributed by atoms with Gasteiger partial charge in [0, 0.05) is 29.6 Å². The van der Waals surface area contributed by atoms with Gasteiger partial charge in [0.15, 0.2) is 0 Å². The fraction of sp³-hybridized carbons (Fsp3) is 0.333. The van der Waals surface area contributed by atoms with Gasteiger partial charge in [-0.3, -0.25) is 9.36 Å². The molecule has 1 aromatic heterocycles. The van der Waals surface area contributed by atoms with Crippen LogP contribution in [0.2, 0.25) is 10.0 Å². The van der Waals surface area contributed by atoms with Crippen LogP contribution in [0.3, 0.4) is 0 Å². The number of hydrogen-bond donors (Lipinski definition) is 1. The molecule has 0 spiro atoms. The van der Waals surface area contributed by atoms with Crippen LogP contribution in [0, 0.1) is 0 Å². The highest BCUT2D eigenvalue weighted by Crippen LogP contribution is 2.30. The number of carbonyl (C=O) groups is 1. The van der Waals surface area contributed by atoms with Crippen LogP contribution in [0.5, 0.6) is 0 Å². The largest absolute Gasteiger partial charge is 0.379 e. The maximum atomic E-state index is 12.8. The third-order valence-electron chi connectivity index (χ3n) is 5.67. The lowest BCUT2D eigenvalue weighted by Gasteiger charge is -2.30. The standard InChI is InChI=1S/C24H25Cl2N3O2/c1-31-22-9-5-4-8-21(22)28-23(30)14-17-15-29(18-12-10-16(25)11-13-18)24(27-17)19-6-2-3-7-20(19)26/h2-3,6-7,10-13,15,21-22H,4-5,8-9,14H2,1H3,(H,28,30)/t21-,22-/m1/s1. The zero-order chi connectivity index (χ0) is 21.8. The van der Waals surface area contributed by atoms with Gasteiger partial charge in [0.25, 0.3) is 0 Å². The molecule has 4 rings (SSSR count). The molecule has 1 N–H and O–H groups in total. The summed E-state index contributed by atoms with van der Waals surface area (Å²) < 4.78 is 7.50. The van der Waals surface area contributed by atoms with E-state index in [0.717, 1.165) is 36.9 Å². The maximum Gasteiger partial charge on any atom is 0.226 e. The minimum atomic E-state index is -0.0552. The SMILES string of the molecule is CO[C@@H]1CCCC[C@H]1NC(=O)Cc1cn(-c2ccc(Cl)cc2)c(-c2ccccc2Cl)n1. The van der Waals surface area contributed by atoms with E-state index in [4.69, 9.17) is 32.9 Å². The van der Waals surface area contributed by atoms with Crippen LogP contribution in [-0.2, 0) is 16.0 Å². The van der Waals surface area contributed by atoms with Crippen LogP contribution in [-0.4, -0.2) is 34.7 Å². The van der Waals surface area contributed by atoms with Crippen molar-refractivity contribution in [2.24, 2.45) is 0 Å². The number of amides is 1. The normalized spacial score (nSPS) is 18.7. The van der Waals surface area contributed by atoms with Crippen molar-refractivity contribution in [1.82, 2.24) is 14.9 Å². The molecule has 3 aromatic rings. The second-order valence-electron chi connectivity index (χ2n) is 7.79. The van der Waals surface area contributed by atoms with Crippen molar-refractivity contribution in [2.75, 3.05) is 7.11 Å². The highest BCUT2D eigenvalue weighted by molar-refractivity contribution is 6.33. The average Bonchev–Trinajstić information content (AvgIpc) is 3.18. The molecule has 0 radical (unpaired) electrons. The van der Waals surface area contributed by atoms with E-state index in [1.54, 1.807) is 7.11 Å². The van der Waals surface area contributed by atoms with E-state index in [1.165, 1.54) is 0 Å². The number of halogens is 2. The number of nitrogens with zero attached hydrogens (tertiary/aromatic N) is 2. The Labute approximate surface area is 192 Å². The molecule has 2 atom stereocenters. The van der Waals surface area contributed by atoms with Crippen molar-refractivity contribution in [1.29, 1.82) is 0 Å². The summed E-state index contributed by atoms with van der Waals surface area (Å²) in [5.41, 5.74) is 2.37.